The van der Waals surface area contributed by atoms with Gasteiger partial charge in [0, 0.05) is 28.6 Å². The molecule has 3 aromatic heterocycles. The predicted molar refractivity (Wildman–Crippen MR) is 316 cm³/mol. The number of fused-ring (bicyclic) bond motifs is 1. The lowest BCUT2D eigenvalue weighted by molar-refractivity contribution is -0.145. The molecule has 0 bridgehead atoms. The van der Waals surface area contributed by atoms with Gasteiger partial charge in [0.1, 0.15) is 53.5 Å². The van der Waals surface area contributed by atoms with Crippen LogP contribution in [0.4, 0.5) is 4.39 Å². The molecule has 0 fully saturated rings. The molecule has 3 heterocycles. The van der Waals surface area contributed by atoms with Gasteiger partial charge in [-0.2, -0.15) is 8.42 Å². The Hall–Kier alpha value is -6.97. The van der Waals surface area contributed by atoms with Crippen molar-refractivity contribution in [3.05, 3.63) is 166 Å². The Morgan fingerprint density at radius 2 is 1.58 bits per heavy atom. The van der Waals surface area contributed by atoms with Crippen molar-refractivity contribution in [2.75, 3.05) is 26.9 Å². The zero-order chi connectivity index (χ0) is 58.4. The summed E-state index contributed by atoms with van der Waals surface area (Å²) in [7, 11) is -5.05. The van der Waals surface area contributed by atoms with Crippen LogP contribution in [-0.2, 0) is 36.9 Å². The summed E-state index contributed by atoms with van der Waals surface area (Å²) in [6.07, 6.45) is 1.60. The number of aromatic nitrogens is 4. The summed E-state index contributed by atoms with van der Waals surface area (Å²) in [5.41, 5.74) is 5.05. The summed E-state index contributed by atoms with van der Waals surface area (Å²) >= 11 is 15.8. The fourth-order valence-electron chi connectivity index (χ4n) is 8.43. The van der Waals surface area contributed by atoms with Gasteiger partial charge in [-0.3, -0.25) is 4.18 Å². The number of hydrogen-bond acceptors (Lipinski definition) is 15. The van der Waals surface area contributed by atoms with Crippen LogP contribution in [0.15, 0.2) is 127 Å². The van der Waals surface area contributed by atoms with Crippen molar-refractivity contribution in [2.45, 2.75) is 89.8 Å². The molecule has 0 amide bonds. The van der Waals surface area contributed by atoms with Gasteiger partial charge in [0.2, 0.25) is 20.3 Å². The normalized spacial score (nSPS) is 12.7. The molecule has 424 valence electrons. The zero-order valence-corrected chi connectivity index (χ0v) is 50.3. The lowest BCUT2D eigenvalue weighted by Gasteiger charge is -2.36. The average Bonchev–Trinajstić information content (AvgIpc) is 3.91. The number of hydrogen-bond donors (Lipinski definition) is 1. The van der Waals surface area contributed by atoms with Crippen molar-refractivity contribution in [1.82, 2.24) is 19.9 Å². The quantitative estimate of drug-likeness (QED) is 0.0260. The first-order chi connectivity index (χ1) is 38.5. The van der Waals surface area contributed by atoms with Gasteiger partial charge < -0.3 is 33.2 Å². The van der Waals surface area contributed by atoms with Gasteiger partial charge in [0.05, 0.1) is 51.9 Å². The van der Waals surface area contributed by atoms with Crippen LogP contribution in [0.3, 0.4) is 0 Å². The summed E-state index contributed by atoms with van der Waals surface area (Å²) in [5, 5.41) is 11.4. The lowest BCUT2D eigenvalue weighted by atomic mass is 9.92. The second-order valence-corrected chi connectivity index (χ2v) is 28.6. The number of nitrogens with zero attached hydrogens (tertiary/aromatic N) is 4. The molecule has 0 aliphatic rings. The lowest BCUT2D eigenvalue weighted by Crippen LogP contribution is -2.43. The largest absolute Gasteiger partial charge is 0.543 e. The summed E-state index contributed by atoms with van der Waals surface area (Å²) in [6, 6.07) is 26.6. The molecule has 0 aliphatic heterocycles. The number of thiophene rings is 1. The maximum Gasteiger partial charge on any atom is 0.345 e. The molecule has 8 rings (SSSR count). The third-order valence-corrected chi connectivity index (χ3v) is 21.5. The number of carboxylic acids is 1. The van der Waals surface area contributed by atoms with E-state index in [0.29, 0.717) is 82.8 Å². The molecule has 0 radical (unpaired) electrons. The minimum absolute atomic E-state index is 0.00321. The van der Waals surface area contributed by atoms with Crippen LogP contribution >= 0.6 is 34.5 Å². The van der Waals surface area contributed by atoms with Crippen LogP contribution in [0.1, 0.15) is 48.7 Å². The van der Waals surface area contributed by atoms with Gasteiger partial charge in [0.25, 0.3) is 10.1 Å². The number of aliphatic carboxylic acids is 1. The van der Waals surface area contributed by atoms with E-state index in [4.69, 9.17) is 60.5 Å². The van der Waals surface area contributed by atoms with Gasteiger partial charge in [0.15, 0.2) is 11.6 Å². The summed E-state index contributed by atoms with van der Waals surface area (Å²) in [4.78, 5) is 33.0. The number of rotatable bonds is 24. The van der Waals surface area contributed by atoms with Gasteiger partial charge >= 0.3 is 5.97 Å². The smallest absolute Gasteiger partial charge is 0.345 e. The summed E-state index contributed by atoms with van der Waals surface area (Å²) in [5.74, 6) is 0.107. The van der Waals surface area contributed by atoms with Gasteiger partial charge in [-0.1, -0.05) is 92.0 Å². The van der Waals surface area contributed by atoms with E-state index in [1.165, 1.54) is 48.0 Å². The monoisotopic (exact) mass is 1190 g/mol. The van der Waals surface area contributed by atoms with Crippen LogP contribution < -0.4 is 23.4 Å². The second kappa shape index (κ2) is 25.4. The van der Waals surface area contributed by atoms with Crippen LogP contribution in [0.25, 0.3) is 43.2 Å². The third-order valence-electron chi connectivity index (χ3n) is 13.7. The van der Waals surface area contributed by atoms with Gasteiger partial charge in [-0.25, -0.2) is 29.1 Å². The highest BCUT2D eigenvalue weighted by atomic mass is 35.5. The SMILES string of the molecule is C=CCOC[C@H](COS(=O)(=O)c1ccc(C)cc1)Oc1c(Cl)c(C)c(-c2c(-c3ccc(F)cc3)sc3ncnc(OC(Cc4cc(O[Si](C)(C)C(C)(C)C)ccc4OCc4ccnc(-c5ccccc5OC)n4)C(=O)O)c23)c(C)c1Cl. The van der Waals surface area contributed by atoms with Crippen LogP contribution in [0.2, 0.25) is 28.2 Å². The molecular weight excluding hydrogens is 1130 g/mol. The van der Waals surface area contributed by atoms with E-state index in [2.05, 4.69) is 55.4 Å². The number of ether oxygens (including phenoxy) is 5. The summed E-state index contributed by atoms with van der Waals surface area (Å²) < 4.78 is 84.2. The Bertz CT molecular complexity index is 3680. The number of halogens is 3. The minimum atomic E-state index is -4.22. The molecule has 0 saturated heterocycles. The molecule has 81 heavy (non-hydrogen) atoms. The fraction of sp³-hybridized carbons (Fsp3) is 0.283. The van der Waals surface area contributed by atoms with Crippen LogP contribution in [0, 0.1) is 26.6 Å². The van der Waals surface area contributed by atoms with Crippen molar-refractivity contribution in [2.24, 2.45) is 0 Å². The fourth-order valence-corrected chi connectivity index (χ4v) is 12.0. The van der Waals surface area contributed by atoms with E-state index < -0.39 is 49.0 Å². The Morgan fingerprint density at radius 1 is 0.877 bits per heavy atom. The molecular formula is C60H61Cl2FN4O11S2Si. The molecule has 0 aliphatic carbocycles. The highest BCUT2D eigenvalue weighted by Crippen LogP contribution is 2.53. The number of aryl methyl sites for hydroxylation is 1. The number of carboxylic acid groups (broad SMARTS) is 1. The number of benzene rings is 5. The standard InChI is InChI=1S/C60H61Cl2FN4O11S2Si/c1-11-28-73-32-43(33-75-80(70,71)44-23-16-35(2)17-24-44)76-54-52(61)36(3)49(37(4)53(54)62)50-51-57(65-34-66-58(51)79-55(50)38-18-20-40(63)21-19-38)77-48(59(68)69)30-39-29-42(78-81(9,10)60(5,6)7)22-25-46(39)74-31-41-26-27-64-56(67-41)45-14-12-13-15-47(45)72-8/h11-27,29,34,43,48H,1,28,30-33H2,2-10H3,(H,68,69)/t43-,48?/m1/s1. The molecule has 8 aromatic rings. The Kier molecular flexibility index (Phi) is 18.9. The molecule has 0 saturated carbocycles. The third kappa shape index (κ3) is 13.9. The second-order valence-electron chi connectivity index (χ2n) is 20.5. The highest BCUT2D eigenvalue weighted by Gasteiger charge is 2.39. The molecule has 1 N–H and O–H groups in total. The zero-order valence-electron chi connectivity index (χ0n) is 46.1. The van der Waals surface area contributed by atoms with Crippen LogP contribution in [-0.4, -0.2) is 86.9 Å². The maximum atomic E-state index is 14.6. The Morgan fingerprint density at radius 3 is 2.25 bits per heavy atom. The van der Waals surface area contributed by atoms with E-state index in [1.807, 2.05) is 31.2 Å². The molecule has 1 unspecified atom stereocenters. The molecule has 0 spiro atoms. The van der Waals surface area contributed by atoms with Crippen molar-refractivity contribution < 1.29 is 55.0 Å². The minimum Gasteiger partial charge on any atom is -0.543 e. The first kappa shape index (κ1) is 60.1. The van der Waals surface area contributed by atoms with E-state index in [9.17, 15) is 22.7 Å². The first-order valence-corrected chi connectivity index (χ1v) is 31.5. The van der Waals surface area contributed by atoms with Crippen molar-refractivity contribution in [3.63, 3.8) is 0 Å². The topological polar surface area (TPSA) is 188 Å². The van der Waals surface area contributed by atoms with E-state index >= 15 is 0 Å². The van der Waals surface area contributed by atoms with Gasteiger partial charge in [-0.15, -0.1) is 17.9 Å². The maximum absolute atomic E-state index is 14.6. The highest BCUT2D eigenvalue weighted by molar-refractivity contribution is 7.86. The van der Waals surface area contributed by atoms with Crippen molar-refractivity contribution >= 4 is 69.2 Å². The Labute approximate surface area is 485 Å². The van der Waals surface area contributed by atoms with E-state index in [0.717, 1.165) is 5.56 Å². The Balaban J connectivity index is 1.19. The predicted octanol–water partition coefficient (Wildman–Crippen LogP) is 14.3. The van der Waals surface area contributed by atoms with E-state index in [1.54, 1.807) is 75.7 Å². The first-order valence-electron chi connectivity index (χ1n) is 25.6. The summed E-state index contributed by atoms with van der Waals surface area (Å²) in [6.45, 7) is 19.2. The molecule has 5 aromatic carbocycles. The van der Waals surface area contributed by atoms with Crippen molar-refractivity contribution in [1.29, 1.82) is 0 Å². The average molecular weight is 1200 g/mol. The van der Waals surface area contributed by atoms with Crippen molar-refractivity contribution in [3.8, 4) is 61.8 Å². The number of para-hydroxylation sites is 1. The van der Waals surface area contributed by atoms with E-state index in [-0.39, 0.29) is 57.8 Å². The molecule has 15 nitrogen and oxygen atoms in total. The number of carbonyl (C=O) groups is 1. The number of methoxy groups -OCH3 is 1. The van der Waals surface area contributed by atoms with Crippen LogP contribution in [0.5, 0.6) is 28.9 Å². The molecule has 21 heteroatoms. The van der Waals surface area contributed by atoms with Gasteiger partial charge in [-0.05, 0) is 122 Å². The molecule has 2 atom stereocenters.